The number of rotatable bonds is 1. The summed E-state index contributed by atoms with van der Waals surface area (Å²) < 4.78 is 0. The maximum atomic E-state index is 8.80. The van der Waals surface area contributed by atoms with Crippen molar-refractivity contribution in [3.63, 3.8) is 0 Å². The van der Waals surface area contributed by atoms with Crippen LogP contribution in [0.2, 0.25) is 0 Å². The zero-order chi connectivity index (χ0) is 5.33. The Morgan fingerprint density at radius 3 is 2.29 bits per heavy atom. The fraction of sp³-hybridized carbons (Fsp3) is 1.00. The van der Waals surface area contributed by atoms with Crippen LogP contribution in [0.3, 0.4) is 0 Å². The summed E-state index contributed by atoms with van der Waals surface area (Å²) in [6.07, 6.45) is 0.615. The molecule has 0 bridgehead atoms. The van der Waals surface area contributed by atoms with Crippen molar-refractivity contribution in [3.8, 4) is 0 Å². The lowest BCUT2D eigenvalue weighted by molar-refractivity contribution is -0.0963. The molecule has 0 aromatic carbocycles. The van der Waals surface area contributed by atoms with Crippen LogP contribution >= 0.6 is 0 Å². The fourth-order valence-corrected chi connectivity index (χ4v) is 0.499. The van der Waals surface area contributed by atoms with Crippen LogP contribution in [0, 0.1) is 0 Å². The average molecular weight is 102 g/mol. The highest BCUT2D eigenvalue weighted by Crippen LogP contribution is 2.14. The first-order valence-corrected chi connectivity index (χ1v) is 2.29. The van der Waals surface area contributed by atoms with Crippen molar-refractivity contribution in [2.45, 2.75) is 12.1 Å². The van der Waals surface area contributed by atoms with E-state index in [9.17, 15) is 0 Å². The van der Waals surface area contributed by atoms with Crippen molar-refractivity contribution in [3.05, 3.63) is 0 Å². The fourth-order valence-electron chi connectivity index (χ4n) is 0.499. The van der Waals surface area contributed by atoms with Crippen LogP contribution < -0.4 is 5.32 Å². The van der Waals surface area contributed by atoms with E-state index in [4.69, 9.17) is 10.2 Å². The number of hydrogen-bond acceptors (Lipinski definition) is 2. The van der Waals surface area contributed by atoms with E-state index in [-0.39, 0.29) is 6.61 Å². The Kier molecular flexibility index (Phi) is 1.03. The summed E-state index contributed by atoms with van der Waals surface area (Å²) in [4.78, 5) is 0. The molecule has 0 saturated carbocycles. The Balaban J connectivity index is 2.29. The Hall–Kier alpha value is -0.120. The third kappa shape index (κ3) is 0.748. The molecule has 1 fully saturated rings. The lowest BCUT2D eigenvalue weighted by Gasteiger charge is -2.33. The summed E-state index contributed by atoms with van der Waals surface area (Å²) in [6, 6.07) is 0. The van der Waals surface area contributed by atoms with Crippen molar-refractivity contribution < 1.29 is 10.2 Å². The molecule has 0 amide bonds. The van der Waals surface area contributed by atoms with Gasteiger partial charge in [0.15, 0.2) is 5.72 Å². The van der Waals surface area contributed by atoms with Gasteiger partial charge in [-0.2, -0.15) is 0 Å². The van der Waals surface area contributed by atoms with Gasteiger partial charge in [0.2, 0.25) is 0 Å². The minimum atomic E-state index is -1.06. The minimum absolute atomic E-state index is 0.229. The van der Waals surface area contributed by atoms with Crippen LogP contribution in [0.25, 0.3) is 0 Å². The van der Waals surface area contributed by atoms with Gasteiger partial charge < -0.3 is 10.2 Å². The summed E-state index contributed by atoms with van der Waals surface area (Å²) in [5.41, 5.74) is -1.06. The molecular formula is C4H8NO2. The first-order valence-electron chi connectivity index (χ1n) is 2.29. The molecule has 0 aromatic rings. The van der Waals surface area contributed by atoms with Crippen LogP contribution in [-0.4, -0.2) is 29.1 Å². The topological polar surface area (TPSA) is 54.6 Å². The molecule has 1 heterocycles. The van der Waals surface area contributed by atoms with Crippen molar-refractivity contribution in [2.24, 2.45) is 0 Å². The van der Waals surface area contributed by atoms with Gasteiger partial charge in [-0.15, -0.1) is 0 Å². The SMILES string of the molecule is OCC1(O)CC[N]1. The second kappa shape index (κ2) is 1.43. The van der Waals surface area contributed by atoms with Gasteiger partial charge in [0.1, 0.15) is 0 Å². The number of aliphatic hydroxyl groups is 2. The highest BCUT2D eigenvalue weighted by molar-refractivity contribution is 4.83. The summed E-state index contributed by atoms with van der Waals surface area (Å²) >= 11 is 0. The van der Waals surface area contributed by atoms with Crippen LogP contribution in [0.4, 0.5) is 0 Å². The van der Waals surface area contributed by atoms with E-state index in [1.807, 2.05) is 0 Å². The highest BCUT2D eigenvalue weighted by Gasteiger charge is 2.34. The van der Waals surface area contributed by atoms with Gasteiger partial charge in [0, 0.05) is 13.0 Å². The van der Waals surface area contributed by atoms with Gasteiger partial charge in [-0.1, -0.05) is 0 Å². The van der Waals surface area contributed by atoms with Gasteiger partial charge in [0.25, 0.3) is 0 Å². The lowest BCUT2D eigenvalue weighted by Crippen LogP contribution is -2.54. The molecule has 0 aromatic heterocycles. The van der Waals surface area contributed by atoms with Crippen LogP contribution in [-0.2, 0) is 0 Å². The van der Waals surface area contributed by atoms with Crippen LogP contribution in [0.5, 0.6) is 0 Å². The standard InChI is InChI=1S/C4H8NO2/c6-3-4(7)1-2-5-4/h6-7H,1-3H2. The highest BCUT2D eigenvalue weighted by atomic mass is 16.3. The smallest absolute Gasteiger partial charge is 0.155 e. The predicted molar refractivity (Wildman–Crippen MR) is 23.7 cm³/mol. The maximum Gasteiger partial charge on any atom is 0.155 e. The zero-order valence-electron chi connectivity index (χ0n) is 3.96. The number of nitrogens with zero attached hydrogens (tertiary/aromatic N) is 1. The van der Waals surface area contributed by atoms with E-state index < -0.39 is 5.72 Å². The molecule has 1 saturated heterocycles. The maximum absolute atomic E-state index is 8.80. The van der Waals surface area contributed by atoms with Crippen LogP contribution in [0.15, 0.2) is 0 Å². The van der Waals surface area contributed by atoms with Gasteiger partial charge in [0.05, 0.1) is 6.61 Å². The molecule has 0 aliphatic carbocycles. The Morgan fingerprint density at radius 2 is 2.29 bits per heavy atom. The second-order valence-corrected chi connectivity index (χ2v) is 1.77. The first kappa shape index (κ1) is 5.03. The van der Waals surface area contributed by atoms with Gasteiger partial charge >= 0.3 is 0 Å². The van der Waals surface area contributed by atoms with Crippen molar-refractivity contribution in [1.82, 2.24) is 5.32 Å². The monoisotopic (exact) mass is 102 g/mol. The summed E-state index contributed by atoms with van der Waals surface area (Å²) in [6.45, 7) is 0.462. The zero-order valence-corrected chi connectivity index (χ0v) is 3.96. The first-order chi connectivity index (χ1) is 3.27. The molecule has 1 unspecified atom stereocenters. The van der Waals surface area contributed by atoms with E-state index in [0.717, 1.165) is 0 Å². The molecule has 3 heteroatoms. The summed E-state index contributed by atoms with van der Waals surface area (Å²) in [5, 5.41) is 20.7. The van der Waals surface area contributed by atoms with Crippen molar-refractivity contribution >= 4 is 0 Å². The minimum Gasteiger partial charge on any atom is -0.392 e. The Morgan fingerprint density at radius 1 is 1.71 bits per heavy atom. The molecule has 2 N–H and O–H groups in total. The van der Waals surface area contributed by atoms with Gasteiger partial charge in [-0.05, 0) is 0 Å². The third-order valence-electron chi connectivity index (χ3n) is 1.17. The summed E-state index contributed by atoms with van der Waals surface area (Å²) in [5.74, 6) is 0. The quantitative estimate of drug-likeness (QED) is 0.431. The summed E-state index contributed by atoms with van der Waals surface area (Å²) in [7, 11) is 0. The number of hydrogen-bond donors (Lipinski definition) is 2. The molecule has 41 valence electrons. The number of aliphatic hydroxyl groups excluding tert-OH is 1. The average Bonchev–Trinajstić information content (AvgIpc) is 1.61. The van der Waals surface area contributed by atoms with Gasteiger partial charge in [-0.25, -0.2) is 5.32 Å². The van der Waals surface area contributed by atoms with E-state index in [1.54, 1.807) is 0 Å². The molecular weight excluding hydrogens is 94.0 g/mol. The normalized spacial score (nSPS) is 40.3. The predicted octanol–water partition coefficient (Wildman–Crippen LogP) is -1.32. The molecule has 1 aliphatic rings. The second-order valence-electron chi connectivity index (χ2n) is 1.77. The largest absolute Gasteiger partial charge is 0.392 e. The van der Waals surface area contributed by atoms with E-state index in [2.05, 4.69) is 5.32 Å². The molecule has 1 rings (SSSR count). The molecule has 1 atom stereocenters. The Labute approximate surface area is 42.0 Å². The van der Waals surface area contributed by atoms with Crippen LogP contribution in [0.1, 0.15) is 6.42 Å². The molecule has 1 aliphatic heterocycles. The van der Waals surface area contributed by atoms with E-state index in [0.29, 0.717) is 13.0 Å². The molecule has 7 heavy (non-hydrogen) atoms. The molecule has 3 nitrogen and oxygen atoms in total. The van der Waals surface area contributed by atoms with Gasteiger partial charge in [-0.3, -0.25) is 0 Å². The van der Waals surface area contributed by atoms with E-state index in [1.165, 1.54) is 0 Å². The third-order valence-corrected chi connectivity index (χ3v) is 1.17. The molecule has 1 radical (unpaired) electrons. The van der Waals surface area contributed by atoms with Crippen molar-refractivity contribution in [1.29, 1.82) is 0 Å². The van der Waals surface area contributed by atoms with Crippen molar-refractivity contribution in [2.75, 3.05) is 13.2 Å². The lowest BCUT2D eigenvalue weighted by atomic mass is 10.0. The van der Waals surface area contributed by atoms with E-state index >= 15 is 0 Å². The Bertz CT molecular complexity index is 64.6. The molecule has 0 spiro atoms.